The number of furan rings is 1. The van der Waals surface area contributed by atoms with Crippen LogP contribution < -0.4 is 11.1 Å². The molecule has 4 nitrogen and oxygen atoms in total. The van der Waals surface area contributed by atoms with Crippen LogP contribution in [-0.4, -0.2) is 18.0 Å². The number of hydrogen-bond acceptors (Lipinski definition) is 3. The number of benzene rings is 1. The molecule has 0 aliphatic heterocycles. The van der Waals surface area contributed by atoms with Crippen LogP contribution in [0.3, 0.4) is 0 Å². The Morgan fingerprint density at radius 1 is 1.37 bits per heavy atom. The maximum atomic E-state index is 12.1. The van der Waals surface area contributed by atoms with Crippen molar-refractivity contribution in [2.75, 3.05) is 6.54 Å². The molecule has 1 aromatic heterocycles. The number of hydrogen-bond donors (Lipinski definition) is 2. The van der Waals surface area contributed by atoms with E-state index in [-0.39, 0.29) is 18.3 Å². The lowest BCUT2D eigenvalue weighted by molar-refractivity contribution is 0.0888. The van der Waals surface area contributed by atoms with E-state index < -0.39 is 5.54 Å². The zero-order chi connectivity index (χ0) is 13.3. The number of nitrogens with one attached hydrogen (secondary N) is 1. The van der Waals surface area contributed by atoms with Crippen LogP contribution >= 0.6 is 12.4 Å². The van der Waals surface area contributed by atoms with Crippen molar-refractivity contribution in [2.24, 2.45) is 5.73 Å². The first-order chi connectivity index (χ1) is 8.44. The molecule has 1 heterocycles. The van der Waals surface area contributed by atoms with Crippen LogP contribution in [-0.2, 0) is 0 Å². The number of carbonyl (C=O) groups is 1. The lowest BCUT2D eigenvalue weighted by atomic mass is 10.1. The number of amides is 1. The van der Waals surface area contributed by atoms with Crippen LogP contribution in [0.4, 0.5) is 0 Å². The van der Waals surface area contributed by atoms with E-state index in [0.717, 1.165) is 16.5 Å². The monoisotopic (exact) mass is 282 g/mol. The van der Waals surface area contributed by atoms with Crippen LogP contribution in [0.1, 0.15) is 30.0 Å². The fraction of sp³-hybridized carbons (Fsp3) is 0.357. The van der Waals surface area contributed by atoms with Crippen molar-refractivity contribution >= 4 is 29.3 Å². The molecule has 1 amide bonds. The number of fused-ring (bicyclic) bond motifs is 1. The molecule has 5 heteroatoms. The Morgan fingerprint density at radius 3 is 2.58 bits per heavy atom. The standard InChI is InChI=1S/C14H18N2O2.ClH/c1-9-10-6-4-5-7-11(10)18-12(9)13(17)16-14(2,3)8-15;/h4-7H,8,15H2,1-3H3,(H,16,17);1H. The van der Waals surface area contributed by atoms with E-state index in [1.54, 1.807) is 0 Å². The van der Waals surface area contributed by atoms with Crippen LogP contribution in [0.2, 0.25) is 0 Å². The Labute approximate surface area is 118 Å². The summed E-state index contributed by atoms with van der Waals surface area (Å²) in [7, 11) is 0. The summed E-state index contributed by atoms with van der Waals surface area (Å²) in [5.74, 6) is 0.136. The number of aryl methyl sites for hydroxylation is 1. The summed E-state index contributed by atoms with van der Waals surface area (Å²) in [6, 6.07) is 7.61. The molecular weight excluding hydrogens is 264 g/mol. The smallest absolute Gasteiger partial charge is 0.287 e. The molecule has 0 aliphatic carbocycles. The first-order valence-electron chi connectivity index (χ1n) is 5.95. The number of nitrogens with two attached hydrogens (primary N) is 1. The van der Waals surface area contributed by atoms with E-state index >= 15 is 0 Å². The maximum absolute atomic E-state index is 12.1. The second-order valence-electron chi connectivity index (χ2n) is 5.09. The summed E-state index contributed by atoms with van der Waals surface area (Å²) < 4.78 is 5.60. The van der Waals surface area contributed by atoms with Gasteiger partial charge in [-0.15, -0.1) is 12.4 Å². The van der Waals surface area contributed by atoms with Gasteiger partial charge in [-0.25, -0.2) is 0 Å². The molecule has 0 saturated heterocycles. The lowest BCUT2D eigenvalue weighted by Crippen LogP contribution is -2.48. The van der Waals surface area contributed by atoms with Crippen molar-refractivity contribution in [3.05, 3.63) is 35.6 Å². The third-order valence-electron chi connectivity index (χ3n) is 3.01. The van der Waals surface area contributed by atoms with Crippen molar-refractivity contribution in [1.82, 2.24) is 5.32 Å². The van der Waals surface area contributed by atoms with Gasteiger partial charge < -0.3 is 15.5 Å². The van der Waals surface area contributed by atoms with Crippen LogP contribution in [0.5, 0.6) is 0 Å². The van der Waals surface area contributed by atoms with Gasteiger partial charge in [0.15, 0.2) is 5.76 Å². The molecule has 0 unspecified atom stereocenters. The zero-order valence-electron chi connectivity index (χ0n) is 11.3. The Morgan fingerprint density at radius 2 is 2.00 bits per heavy atom. The van der Waals surface area contributed by atoms with Crippen molar-refractivity contribution in [3.8, 4) is 0 Å². The third kappa shape index (κ3) is 3.08. The predicted molar refractivity (Wildman–Crippen MR) is 78.8 cm³/mol. The molecule has 0 aliphatic rings. The summed E-state index contributed by atoms with van der Waals surface area (Å²) in [5.41, 5.74) is 6.74. The van der Waals surface area contributed by atoms with Gasteiger partial charge in [-0.3, -0.25) is 4.79 Å². The van der Waals surface area contributed by atoms with Crippen molar-refractivity contribution in [3.63, 3.8) is 0 Å². The van der Waals surface area contributed by atoms with E-state index in [9.17, 15) is 4.79 Å². The minimum absolute atomic E-state index is 0. The first-order valence-corrected chi connectivity index (χ1v) is 5.95. The van der Waals surface area contributed by atoms with Crippen LogP contribution in [0.15, 0.2) is 28.7 Å². The highest BCUT2D eigenvalue weighted by atomic mass is 35.5. The average Bonchev–Trinajstić information content (AvgIpc) is 2.67. The zero-order valence-corrected chi connectivity index (χ0v) is 12.1. The summed E-state index contributed by atoms with van der Waals surface area (Å²) >= 11 is 0. The van der Waals surface area contributed by atoms with Gasteiger partial charge in [0.25, 0.3) is 5.91 Å². The topological polar surface area (TPSA) is 68.3 Å². The fourth-order valence-electron chi connectivity index (χ4n) is 1.81. The maximum Gasteiger partial charge on any atom is 0.287 e. The second kappa shape index (κ2) is 5.63. The molecule has 2 rings (SSSR count). The summed E-state index contributed by atoms with van der Waals surface area (Å²) in [6.45, 7) is 6.01. The predicted octanol–water partition coefficient (Wildman–Crippen LogP) is 2.63. The lowest BCUT2D eigenvalue weighted by Gasteiger charge is -2.23. The van der Waals surface area contributed by atoms with E-state index in [1.165, 1.54) is 0 Å². The molecule has 104 valence electrons. The molecule has 0 saturated carbocycles. The molecule has 0 bridgehead atoms. The van der Waals surface area contributed by atoms with Gasteiger partial charge in [0, 0.05) is 23.0 Å². The molecule has 0 atom stereocenters. The SMILES string of the molecule is Cc1c(C(=O)NC(C)(C)CN)oc2ccccc12.Cl. The van der Waals surface area contributed by atoms with E-state index in [1.807, 2.05) is 45.0 Å². The average molecular weight is 283 g/mol. The highest BCUT2D eigenvalue weighted by Gasteiger charge is 2.23. The number of carbonyl (C=O) groups excluding carboxylic acids is 1. The summed E-state index contributed by atoms with van der Waals surface area (Å²) in [4.78, 5) is 12.1. The van der Waals surface area contributed by atoms with E-state index in [0.29, 0.717) is 12.3 Å². The minimum atomic E-state index is -0.442. The fourth-order valence-corrected chi connectivity index (χ4v) is 1.81. The van der Waals surface area contributed by atoms with Gasteiger partial charge in [0.2, 0.25) is 0 Å². The van der Waals surface area contributed by atoms with Crippen molar-refractivity contribution in [1.29, 1.82) is 0 Å². The van der Waals surface area contributed by atoms with Gasteiger partial charge >= 0.3 is 0 Å². The van der Waals surface area contributed by atoms with Crippen LogP contribution in [0, 0.1) is 6.92 Å². The van der Waals surface area contributed by atoms with Gasteiger partial charge in [-0.05, 0) is 26.8 Å². The van der Waals surface area contributed by atoms with Gasteiger partial charge in [0.1, 0.15) is 5.58 Å². The molecule has 3 N–H and O–H groups in total. The van der Waals surface area contributed by atoms with Gasteiger partial charge in [-0.2, -0.15) is 0 Å². The Bertz CT molecular complexity index is 590. The van der Waals surface area contributed by atoms with Crippen LogP contribution in [0.25, 0.3) is 11.0 Å². The highest BCUT2D eigenvalue weighted by molar-refractivity contribution is 5.99. The molecule has 0 radical (unpaired) electrons. The quantitative estimate of drug-likeness (QED) is 0.909. The first kappa shape index (κ1) is 15.5. The normalized spacial score (nSPS) is 11.2. The number of para-hydroxylation sites is 1. The largest absolute Gasteiger partial charge is 0.451 e. The van der Waals surface area contributed by atoms with E-state index in [2.05, 4.69) is 5.32 Å². The third-order valence-corrected chi connectivity index (χ3v) is 3.01. The Kier molecular flexibility index (Phi) is 4.61. The molecule has 19 heavy (non-hydrogen) atoms. The molecule has 0 spiro atoms. The van der Waals surface area contributed by atoms with Gasteiger partial charge in [0.05, 0.1) is 0 Å². The summed E-state index contributed by atoms with van der Waals surface area (Å²) in [6.07, 6.45) is 0. The second-order valence-corrected chi connectivity index (χ2v) is 5.09. The number of rotatable bonds is 3. The molecule has 0 fully saturated rings. The van der Waals surface area contributed by atoms with Crippen molar-refractivity contribution in [2.45, 2.75) is 26.3 Å². The van der Waals surface area contributed by atoms with Gasteiger partial charge in [-0.1, -0.05) is 18.2 Å². The Hall–Kier alpha value is -1.52. The van der Waals surface area contributed by atoms with E-state index in [4.69, 9.17) is 10.2 Å². The minimum Gasteiger partial charge on any atom is -0.451 e. The number of halogens is 1. The highest BCUT2D eigenvalue weighted by Crippen LogP contribution is 2.25. The summed E-state index contributed by atoms with van der Waals surface area (Å²) in [5, 5.41) is 3.83. The van der Waals surface area contributed by atoms with Crippen molar-refractivity contribution < 1.29 is 9.21 Å². The molecule has 2 aromatic rings. The Balaban J connectivity index is 0.00000180. The molecule has 1 aromatic carbocycles. The molecular formula is C14H19ClN2O2.